The molecule has 14 heavy (non-hydrogen) atoms. The fourth-order valence-corrected chi connectivity index (χ4v) is 1.70. The Morgan fingerprint density at radius 2 is 1.86 bits per heavy atom. The number of rotatable bonds is 4. The van der Waals surface area contributed by atoms with Crippen LogP contribution in [0.2, 0.25) is 0 Å². The minimum atomic E-state index is -0.407. The Labute approximate surface area is 85.8 Å². The predicted molar refractivity (Wildman–Crippen MR) is 58.8 cm³/mol. The lowest BCUT2D eigenvalue weighted by Crippen LogP contribution is -2.42. The van der Waals surface area contributed by atoms with Crippen LogP contribution in [0.4, 0.5) is 0 Å². The van der Waals surface area contributed by atoms with Crippen molar-refractivity contribution in [1.82, 2.24) is 0 Å². The molecule has 0 saturated carbocycles. The molecule has 3 N–H and O–H groups in total. The van der Waals surface area contributed by atoms with E-state index in [0.29, 0.717) is 12.3 Å². The van der Waals surface area contributed by atoms with Crippen LogP contribution in [0, 0.1) is 5.92 Å². The maximum atomic E-state index is 9.03. The maximum Gasteiger partial charge on any atom is 0.0454 e. The van der Waals surface area contributed by atoms with Gasteiger partial charge in [0.25, 0.3) is 0 Å². The van der Waals surface area contributed by atoms with E-state index in [0.717, 1.165) is 5.56 Å². The van der Waals surface area contributed by atoms with E-state index in [1.54, 1.807) is 0 Å². The molecule has 0 aliphatic rings. The lowest BCUT2D eigenvalue weighted by Gasteiger charge is -2.33. The van der Waals surface area contributed by atoms with Gasteiger partial charge in [0.15, 0.2) is 0 Å². The quantitative estimate of drug-likeness (QED) is 0.767. The van der Waals surface area contributed by atoms with Crippen LogP contribution in [0.5, 0.6) is 0 Å². The van der Waals surface area contributed by atoms with Crippen LogP contribution < -0.4 is 5.73 Å². The monoisotopic (exact) mass is 193 g/mol. The van der Waals surface area contributed by atoms with Gasteiger partial charge in [0.05, 0.1) is 0 Å². The third-order valence-corrected chi connectivity index (χ3v) is 2.87. The highest BCUT2D eigenvalue weighted by Gasteiger charge is 2.30. The molecule has 1 unspecified atom stereocenters. The van der Waals surface area contributed by atoms with E-state index in [1.165, 1.54) is 0 Å². The van der Waals surface area contributed by atoms with Crippen LogP contribution in [0.15, 0.2) is 30.3 Å². The van der Waals surface area contributed by atoms with Crippen molar-refractivity contribution in [1.29, 1.82) is 0 Å². The zero-order chi connectivity index (χ0) is 10.6. The second kappa shape index (κ2) is 4.58. The Morgan fingerprint density at radius 3 is 2.29 bits per heavy atom. The molecule has 2 nitrogen and oxygen atoms in total. The van der Waals surface area contributed by atoms with E-state index in [9.17, 15) is 0 Å². The molecule has 0 radical (unpaired) electrons. The van der Waals surface area contributed by atoms with Gasteiger partial charge in [0.2, 0.25) is 0 Å². The second-order valence-corrected chi connectivity index (χ2v) is 4.03. The maximum absolute atomic E-state index is 9.03. The summed E-state index contributed by atoms with van der Waals surface area (Å²) >= 11 is 0. The molecule has 1 atom stereocenters. The number of hydrogen-bond donors (Lipinski definition) is 2. The van der Waals surface area contributed by atoms with E-state index in [2.05, 4.69) is 13.8 Å². The van der Waals surface area contributed by atoms with E-state index in [1.807, 2.05) is 30.3 Å². The van der Waals surface area contributed by atoms with Gasteiger partial charge in [-0.25, -0.2) is 0 Å². The molecule has 0 saturated heterocycles. The average molecular weight is 193 g/mol. The van der Waals surface area contributed by atoms with Crippen molar-refractivity contribution in [3.05, 3.63) is 35.9 Å². The summed E-state index contributed by atoms with van der Waals surface area (Å²) in [5.41, 5.74) is 7.01. The minimum Gasteiger partial charge on any atom is -0.396 e. The van der Waals surface area contributed by atoms with Crippen molar-refractivity contribution in [3.8, 4) is 0 Å². The summed E-state index contributed by atoms with van der Waals surface area (Å²) in [6.07, 6.45) is 0.606. The lowest BCUT2D eigenvalue weighted by molar-refractivity contribution is 0.202. The van der Waals surface area contributed by atoms with Gasteiger partial charge in [0, 0.05) is 12.1 Å². The summed E-state index contributed by atoms with van der Waals surface area (Å²) in [6, 6.07) is 9.99. The molecule has 0 fully saturated rings. The van der Waals surface area contributed by atoms with E-state index < -0.39 is 5.54 Å². The van der Waals surface area contributed by atoms with Gasteiger partial charge in [0.1, 0.15) is 0 Å². The first-order valence-corrected chi connectivity index (χ1v) is 5.06. The molecule has 0 aliphatic carbocycles. The topological polar surface area (TPSA) is 46.2 Å². The molecule has 0 aromatic heterocycles. The van der Waals surface area contributed by atoms with Gasteiger partial charge in [-0.05, 0) is 17.9 Å². The van der Waals surface area contributed by atoms with Crippen LogP contribution >= 0.6 is 0 Å². The van der Waals surface area contributed by atoms with E-state index >= 15 is 0 Å². The van der Waals surface area contributed by atoms with Gasteiger partial charge >= 0.3 is 0 Å². The zero-order valence-corrected chi connectivity index (χ0v) is 8.90. The second-order valence-electron chi connectivity index (χ2n) is 4.03. The summed E-state index contributed by atoms with van der Waals surface area (Å²) < 4.78 is 0. The standard InChI is InChI=1S/C12H19NO/c1-10(2)12(13,8-9-14)11-6-4-3-5-7-11/h3-7,10,14H,8-9,13H2,1-2H3. The molecular weight excluding hydrogens is 174 g/mol. The Morgan fingerprint density at radius 1 is 1.29 bits per heavy atom. The highest BCUT2D eigenvalue weighted by atomic mass is 16.3. The van der Waals surface area contributed by atoms with Crippen LogP contribution in [-0.4, -0.2) is 11.7 Å². The van der Waals surface area contributed by atoms with E-state index in [-0.39, 0.29) is 6.61 Å². The Balaban J connectivity index is 2.99. The van der Waals surface area contributed by atoms with Crippen LogP contribution in [0.3, 0.4) is 0 Å². The Bertz CT molecular complexity index is 271. The lowest BCUT2D eigenvalue weighted by atomic mass is 9.78. The first-order valence-electron chi connectivity index (χ1n) is 5.06. The summed E-state index contributed by atoms with van der Waals surface area (Å²) in [5.74, 6) is 0.317. The van der Waals surface area contributed by atoms with Crippen molar-refractivity contribution in [2.45, 2.75) is 25.8 Å². The van der Waals surface area contributed by atoms with Crippen molar-refractivity contribution < 1.29 is 5.11 Å². The van der Waals surface area contributed by atoms with Gasteiger partial charge in [-0.1, -0.05) is 44.2 Å². The van der Waals surface area contributed by atoms with Crippen molar-refractivity contribution in [2.24, 2.45) is 11.7 Å². The molecule has 2 heteroatoms. The van der Waals surface area contributed by atoms with Gasteiger partial charge in [-0.3, -0.25) is 0 Å². The van der Waals surface area contributed by atoms with Crippen molar-refractivity contribution in [2.75, 3.05) is 6.61 Å². The van der Waals surface area contributed by atoms with Crippen LogP contribution in [-0.2, 0) is 5.54 Å². The van der Waals surface area contributed by atoms with Gasteiger partial charge < -0.3 is 10.8 Å². The number of nitrogens with two attached hydrogens (primary N) is 1. The molecule has 0 spiro atoms. The third-order valence-electron chi connectivity index (χ3n) is 2.87. The fourth-order valence-electron chi connectivity index (χ4n) is 1.70. The van der Waals surface area contributed by atoms with Crippen LogP contribution in [0.1, 0.15) is 25.8 Å². The normalized spacial score (nSPS) is 15.5. The fraction of sp³-hybridized carbons (Fsp3) is 0.500. The molecule has 1 rings (SSSR count). The number of hydrogen-bond acceptors (Lipinski definition) is 2. The summed E-state index contributed by atoms with van der Waals surface area (Å²) in [6.45, 7) is 4.30. The Hall–Kier alpha value is -0.860. The molecule has 1 aromatic carbocycles. The third kappa shape index (κ3) is 2.14. The highest BCUT2D eigenvalue weighted by molar-refractivity contribution is 5.24. The molecule has 78 valence electrons. The number of aliphatic hydroxyl groups is 1. The summed E-state index contributed by atoms with van der Waals surface area (Å²) in [7, 11) is 0. The predicted octanol–water partition coefficient (Wildman–Crippen LogP) is 1.88. The first-order chi connectivity index (χ1) is 6.61. The highest BCUT2D eigenvalue weighted by Crippen LogP contribution is 2.29. The van der Waals surface area contributed by atoms with E-state index in [4.69, 9.17) is 10.8 Å². The molecule has 0 aliphatic heterocycles. The average Bonchev–Trinajstić information content (AvgIpc) is 2.19. The zero-order valence-electron chi connectivity index (χ0n) is 8.90. The molecular formula is C12H19NO. The van der Waals surface area contributed by atoms with Crippen LogP contribution in [0.25, 0.3) is 0 Å². The molecule has 1 aromatic rings. The molecule has 0 bridgehead atoms. The molecule has 0 heterocycles. The summed E-state index contributed by atoms with van der Waals surface area (Å²) in [5, 5.41) is 9.03. The molecule has 0 amide bonds. The number of aliphatic hydroxyl groups excluding tert-OH is 1. The minimum absolute atomic E-state index is 0.129. The first kappa shape index (κ1) is 11.2. The SMILES string of the molecule is CC(C)C(N)(CCO)c1ccccc1. The van der Waals surface area contributed by atoms with Crippen molar-refractivity contribution in [3.63, 3.8) is 0 Å². The van der Waals surface area contributed by atoms with Crippen molar-refractivity contribution >= 4 is 0 Å². The largest absolute Gasteiger partial charge is 0.396 e. The van der Waals surface area contributed by atoms with Gasteiger partial charge in [-0.2, -0.15) is 0 Å². The Kier molecular flexibility index (Phi) is 3.67. The smallest absolute Gasteiger partial charge is 0.0454 e. The summed E-state index contributed by atoms with van der Waals surface area (Å²) in [4.78, 5) is 0. The number of benzene rings is 1. The van der Waals surface area contributed by atoms with Gasteiger partial charge in [-0.15, -0.1) is 0 Å².